The predicted octanol–water partition coefficient (Wildman–Crippen LogP) is 4.47. The van der Waals surface area contributed by atoms with E-state index in [4.69, 9.17) is 16.1 Å². The van der Waals surface area contributed by atoms with Gasteiger partial charge in [0.1, 0.15) is 0 Å². The highest BCUT2D eigenvalue weighted by Gasteiger charge is 2.21. The van der Waals surface area contributed by atoms with Crippen molar-refractivity contribution in [3.05, 3.63) is 92.5 Å². The molecular formula is C19H15ClN2O3S. The van der Waals surface area contributed by atoms with Crippen LogP contribution in [-0.4, -0.2) is 15.5 Å². The van der Waals surface area contributed by atoms with E-state index >= 15 is 0 Å². The number of benzene rings is 2. The number of hydrogen-bond donors (Lipinski definition) is 0. The SMILES string of the molecule is C/C(=C/SCc1ccccc1)n1c(C(=O)c2ccc(Cl)cc2)noc1=O. The summed E-state index contributed by atoms with van der Waals surface area (Å²) in [6.07, 6.45) is 0. The second-order valence-electron chi connectivity index (χ2n) is 5.50. The van der Waals surface area contributed by atoms with Gasteiger partial charge in [-0.1, -0.05) is 47.1 Å². The smallest absolute Gasteiger partial charge is 0.295 e. The molecule has 132 valence electrons. The summed E-state index contributed by atoms with van der Waals surface area (Å²) in [5.41, 5.74) is 2.10. The molecule has 0 aliphatic heterocycles. The lowest BCUT2D eigenvalue weighted by molar-refractivity contribution is 0.102. The second-order valence-corrected chi connectivity index (χ2v) is 6.79. The molecule has 0 aliphatic carbocycles. The van der Waals surface area contributed by atoms with E-state index in [0.717, 1.165) is 11.3 Å². The molecule has 0 amide bonds. The Morgan fingerprint density at radius 1 is 1.19 bits per heavy atom. The minimum Gasteiger partial charge on any atom is -0.295 e. The quantitative estimate of drug-likeness (QED) is 0.584. The zero-order chi connectivity index (χ0) is 18.5. The first kappa shape index (κ1) is 18.2. The molecule has 1 aromatic heterocycles. The summed E-state index contributed by atoms with van der Waals surface area (Å²) < 4.78 is 5.88. The van der Waals surface area contributed by atoms with E-state index in [1.807, 2.05) is 35.7 Å². The van der Waals surface area contributed by atoms with Crippen LogP contribution in [0.4, 0.5) is 0 Å². The lowest BCUT2D eigenvalue weighted by Crippen LogP contribution is -2.18. The van der Waals surface area contributed by atoms with E-state index in [-0.39, 0.29) is 5.82 Å². The van der Waals surface area contributed by atoms with Crippen molar-refractivity contribution in [3.63, 3.8) is 0 Å². The van der Waals surface area contributed by atoms with Crippen molar-refractivity contribution >= 4 is 34.8 Å². The van der Waals surface area contributed by atoms with E-state index in [1.54, 1.807) is 31.2 Å². The van der Waals surface area contributed by atoms with E-state index in [0.29, 0.717) is 16.3 Å². The maximum absolute atomic E-state index is 12.6. The lowest BCUT2D eigenvalue weighted by Gasteiger charge is -2.05. The maximum atomic E-state index is 12.6. The molecule has 26 heavy (non-hydrogen) atoms. The summed E-state index contributed by atoms with van der Waals surface area (Å²) in [6.45, 7) is 1.73. The van der Waals surface area contributed by atoms with Crippen LogP contribution in [0, 0.1) is 0 Å². The van der Waals surface area contributed by atoms with Gasteiger partial charge in [0, 0.05) is 22.0 Å². The van der Waals surface area contributed by atoms with Gasteiger partial charge in [-0.3, -0.25) is 9.32 Å². The molecule has 0 N–H and O–H groups in total. The number of nitrogens with zero attached hydrogens (tertiary/aromatic N) is 2. The molecule has 0 saturated carbocycles. The van der Waals surface area contributed by atoms with Gasteiger partial charge in [0.05, 0.1) is 0 Å². The third kappa shape index (κ3) is 4.15. The first-order chi connectivity index (χ1) is 12.6. The number of rotatable bonds is 6. The number of hydrogen-bond acceptors (Lipinski definition) is 5. The van der Waals surface area contributed by atoms with Crippen LogP contribution in [0.2, 0.25) is 5.02 Å². The molecule has 3 aromatic rings. The zero-order valence-electron chi connectivity index (χ0n) is 13.9. The zero-order valence-corrected chi connectivity index (χ0v) is 15.5. The molecule has 7 heteroatoms. The van der Waals surface area contributed by atoms with Gasteiger partial charge in [0.2, 0.25) is 11.6 Å². The van der Waals surface area contributed by atoms with Crippen LogP contribution in [0.25, 0.3) is 5.70 Å². The van der Waals surface area contributed by atoms with Gasteiger partial charge in [-0.2, -0.15) is 0 Å². The summed E-state index contributed by atoms with van der Waals surface area (Å²) in [5, 5.41) is 5.98. The first-order valence-electron chi connectivity index (χ1n) is 7.78. The lowest BCUT2D eigenvalue weighted by atomic mass is 10.1. The Labute approximate surface area is 159 Å². The molecule has 0 bridgehead atoms. The number of aromatic nitrogens is 2. The van der Waals surface area contributed by atoms with E-state index in [9.17, 15) is 9.59 Å². The van der Waals surface area contributed by atoms with Crippen LogP contribution in [-0.2, 0) is 5.75 Å². The molecule has 0 radical (unpaired) electrons. The number of allylic oxidation sites excluding steroid dienone is 1. The standard InChI is InChI=1S/C19H15ClN2O3S/c1-13(11-26-12-14-5-3-2-4-6-14)22-18(21-25-19(22)24)17(23)15-7-9-16(20)10-8-15/h2-11H,12H2,1H3/b13-11-. The summed E-state index contributed by atoms with van der Waals surface area (Å²) in [6, 6.07) is 16.3. The molecule has 0 saturated heterocycles. The molecule has 0 atom stereocenters. The van der Waals surface area contributed by atoms with Crippen LogP contribution in [0.15, 0.2) is 69.3 Å². The summed E-state index contributed by atoms with van der Waals surface area (Å²) >= 11 is 7.36. The molecule has 2 aromatic carbocycles. The van der Waals surface area contributed by atoms with Gasteiger partial charge in [-0.05, 0) is 42.2 Å². The number of thioether (sulfide) groups is 1. The fourth-order valence-corrected chi connectivity index (χ4v) is 3.26. The van der Waals surface area contributed by atoms with Crippen LogP contribution >= 0.6 is 23.4 Å². The van der Waals surface area contributed by atoms with Crippen LogP contribution in [0.3, 0.4) is 0 Å². The molecule has 3 rings (SSSR count). The molecule has 0 unspecified atom stereocenters. The molecular weight excluding hydrogens is 372 g/mol. The van der Waals surface area contributed by atoms with Gasteiger partial charge in [-0.15, -0.1) is 11.8 Å². The number of halogens is 1. The van der Waals surface area contributed by atoms with Gasteiger partial charge < -0.3 is 0 Å². The number of carbonyl (C=O) groups excluding carboxylic acids is 1. The van der Waals surface area contributed by atoms with Crippen molar-refractivity contribution in [2.45, 2.75) is 12.7 Å². The first-order valence-corrected chi connectivity index (χ1v) is 9.20. The van der Waals surface area contributed by atoms with Crippen molar-refractivity contribution in [2.75, 3.05) is 0 Å². The fraction of sp³-hybridized carbons (Fsp3) is 0.105. The van der Waals surface area contributed by atoms with Crippen LogP contribution < -0.4 is 5.76 Å². The fourth-order valence-electron chi connectivity index (χ4n) is 2.32. The summed E-state index contributed by atoms with van der Waals surface area (Å²) in [4.78, 5) is 24.6. The third-order valence-corrected chi connectivity index (χ3v) is 4.87. The predicted molar refractivity (Wildman–Crippen MR) is 103 cm³/mol. The minimum atomic E-state index is -0.698. The number of carbonyl (C=O) groups is 1. The van der Waals surface area contributed by atoms with Crippen molar-refractivity contribution in [3.8, 4) is 0 Å². The van der Waals surface area contributed by atoms with Gasteiger partial charge in [0.15, 0.2) is 0 Å². The van der Waals surface area contributed by atoms with Crippen molar-refractivity contribution in [2.24, 2.45) is 0 Å². The van der Waals surface area contributed by atoms with Crippen molar-refractivity contribution < 1.29 is 9.32 Å². The molecule has 0 fully saturated rings. The maximum Gasteiger partial charge on any atom is 0.446 e. The molecule has 0 spiro atoms. The largest absolute Gasteiger partial charge is 0.446 e. The highest BCUT2D eigenvalue weighted by atomic mass is 35.5. The molecule has 0 aliphatic rings. The van der Waals surface area contributed by atoms with Crippen molar-refractivity contribution in [1.29, 1.82) is 0 Å². The Kier molecular flexibility index (Phi) is 5.75. The van der Waals surface area contributed by atoms with E-state index in [2.05, 4.69) is 5.16 Å². The Balaban J connectivity index is 1.82. The normalized spacial score (nSPS) is 11.5. The summed E-state index contributed by atoms with van der Waals surface area (Å²) in [7, 11) is 0. The van der Waals surface area contributed by atoms with Crippen LogP contribution in [0.5, 0.6) is 0 Å². The van der Waals surface area contributed by atoms with Gasteiger partial charge in [-0.25, -0.2) is 9.36 Å². The number of ketones is 1. The van der Waals surface area contributed by atoms with E-state index < -0.39 is 11.5 Å². The van der Waals surface area contributed by atoms with Crippen LogP contribution in [0.1, 0.15) is 28.7 Å². The second kappa shape index (κ2) is 8.21. The Morgan fingerprint density at radius 3 is 2.58 bits per heavy atom. The third-order valence-electron chi connectivity index (χ3n) is 3.61. The Morgan fingerprint density at radius 2 is 1.88 bits per heavy atom. The summed E-state index contributed by atoms with van der Waals surface area (Å²) in [5.74, 6) is -0.422. The average molecular weight is 387 g/mol. The van der Waals surface area contributed by atoms with Gasteiger partial charge >= 0.3 is 5.76 Å². The highest BCUT2D eigenvalue weighted by molar-refractivity contribution is 8.01. The van der Waals surface area contributed by atoms with E-state index in [1.165, 1.54) is 16.3 Å². The average Bonchev–Trinajstić information content (AvgIpc) is 3.04. The Bertz CT molecular complexity index is 992. The van der Waals surface area contributed by atoms with Crippen molar-refractivity contribution in [1.82, 2.24) is 9.72 Å². The minimum absolute atomic E-state index is 0.0635. The van der Waals surface area contributed by atoms with Gasteiger partial charge in [0.25, 0.3) is 0 Å². The topological polar surface area (TPSA) is 65.1 Å². The molecule has 1 heterocycles. The Hall–Kier alpha value is -2.57. The monoisotopic (exact) mass is 386 g/mol. The molecule has 5 nitrogen and oxygen atoms in total. The highest BCUT2D eigenvalue weighted by Crippen LogP contribution is 2.18.